The lowest BCUT2D eigenvalue weighted by atomic mass is 10.1. The molecule has 0 bridgehead atoms. The molecule has 2 nitrogen and oxygen atoms in total. The Labute approximate surface area is 128 Å². The minimum absolute atomic E-state index is 0.702. The molecule has 2 rings (SSSR count). The van der Waals surface area contributed by atoms with Crippen LogP contribution in [0.5, 0.6) is 0 Å². The van der Waals surface area contributed by atoms with Gasteiger partial charge in [0.2, 0.25) is 0 Å². The van der Waals surface area contributed by atoms with Crippen molar-refractivity contribution in [3.8, 4) is 0 Å². The summed E-state index contributed by atoms with van der Waals surface area (Å²) in [7, 11) is -3.67. The van der Waals surface area contributed by atoms with Crippen LogP contribution < -0.4 is 10.4 Å². The van der Waals surface area contributed by atoms with Crippen molar-refractivity contribution in [2.75, 3.05) is 0 Å². The molecule has 0 heterocycles. The Balaban J connectivity index is 2.73. The largest absolute Gasteiger partial charge is 0.404 e. The first-order chi connectivity index (χ1) is 9.64. The maximum atomic E-state index is 11.0. The molecule has 3 heteroatoms. The Bertz CT molecular complexity index is 643. The van der Waals surface area contributed by atoms with Gasteiger partial charge in [-0.3, -0.25) is 0 Å². The molecule has 0 unspecified atom stereocenters. The van der Waals surface area contributed by atoms with Gasteiger partial charge in [-0.25, -0.2) is 0 Å². The Morgan fingerprint density at radius 1 is 0.619 bits per heavy atom. The summed E-state index contributed by atoms with van der Waals surface area (Å²) in [6, 6.07) is 8.01. The molecule has 0 atom stereocenters. The first kappa shape index (κ1) is 16.0. The van der Waals surface area contributed by atoms with Crippen LogP contribution in [-0.4, -0.2) is 18.2 Å². The molecule has 0 radical (unpaired) electrons. The van der Waals surface area contributed by atoms with Gasteiger partial charge in [-0.05, 0) is 63.8 Å². The Morgan fingerprint density at radius 2 is 0.952 bits per heavy atom. The van der Waals surface area contributed by atoms with E-state index in [1.165, 1.54) is 0 Å². The van der Waals surface area contributed by atoms with E-state index in [-0.39, 0.29) is 0 Å². The standard InChI is InChI=1S/C18H24O2Si/c1-11-7-13(3)15(5)17(9-11)21(19,20)18-10-12(2)8-14(4)16(18)6/h7-10,19-20H,1-6H3. The van der Waals surface area contributed by atoms with Crippen molar-refractivity contribution in [3.63, 3.8) is 0 Å². The summed E-state index contributed by atoms with van der Waals surface area (Å²) >= 11 is 0. The number of benzene rings is 2. The molecule has 0 fully saturated rings. The molecule has 0 saturated heterocycles. The lowest BCUT2D eigenvalue weighted by Gasteiger charge is -2.25. The first-order valence-corrected chi connectivity index (χ1v) is 9.15. The van der Waals surface area contributed by atoms with Crippen molar-refractivity contribution in [1.29, 1.82) is 0 Å². The highest BCUT2D eigenvalue weighted by molar-refractivity contribution is 6.91. The zero-order valence-corrected chi connectivity index (χ0v) is 14.7. The smallest absolute Gasteiger partial charge is 0.402 e. The van der Waals surface area contributed by atoms with E-state index >= 15 is 0 Å². The third kappa shape index (κ3) is 2.82. The van der Waals surface area contributed by atoms with Crippen LogP contribution in [0.1, 0.15) is 33.4 Å². The van der Waals surface area contributed by atoms with E-state index in [1.54, 1.807) is 0 Å². The van der Waals surface area contributed by atoms with Gasteiger partial charge in [-0.2, -0.15) is 0 Å². The summed E-state index contributed by atoms with van der Waals surface area (Å²) in [6.07, 6.45) is 0. The predicted molar refractivity (Wildman–Crippen MR) is 90.8 cm³/mol. The molecule has 0 aromatic heterocycles. The molecule has 2 aromatic rings. The fourth-order valence-electron chi connectivity index (χ4n) is 2.95. The third-order valence-corrected chi connectivity index (χ3v) is 6.92. The number of rotatable bonds is 2. The second kappa shape index (κ2) is 5.41. The molecular weight excluding hydrogens is 276 g/mol. The molecule has 112 valence electrons. The van der Waals surface area contributed by atoms with Gasteiger partial charge in [-0.15, -0.1) is 0 Å². The van der Waals surface area contributed by atoms with Gasteiger partial charge in [0.15, 0.2) is 0 Å². The molecule has 0 spiro atoms. The van der Waals surface area contributed by atoms with Gasteiger partial charge in [0.05, 0.1) is 0 Å². The third-order valence-electron chi connectivity index (χ3n) is 4.37. The molecule has 21 heavy (non-hydrogen) atoms. The molecule has 0 saturated carbocycles. The maximum Gasteiger partial charge on any atom is 0.402 e. The molecule has 2 aromatic carbocycles. The van der Waals surface area contributed by atoms with Crippen LogP contribution in [0.4, 0.5) is 0 Å². The summed E-state index contributed by atoms with van der Waals surface area (Å²) in [5.74, 6) is 0. The van der Waals surface area contributed by atoms with Crippen molar-refractivity contribution in [3.05, 3.63) is 57.6 Å². The van der Waals surface area contributed by atoms with Gasteiger partial charge in [0, 0.05) is 10.4 Å². The average molecular weight is 300 g/mol. The van der Waals surface area contributed by atoms with Crippen LogP contribution in [0.2, 0.25) is 0 Å². The Morgan fingerprint density at radius 3 is 1.29 bits per heavy atom. The maximum absolute atomic E-state index is 11.0. The van der Waals surface area contributed by atoms with Gasteiger partial charge < -0.3 is 9.59 Å². The predicted octanol–water partition coefficient (Wildman–Crippen LogP) is 2.08. The van der Waals surface area contributed by atoms with Crippen LogP contribution in [0.25, 0.3) is 0 Å². The Hall–Kier alpha value is -1.42. The van der Waals surface area contributed by atoms with E-state index in [1.807, 2.05) is 53.7 Å². The molecule has 0 aliphatic carbocycles. The zero-order valence-electron chi connectivity index (χ0n) is 13.7. The second-order valence-corrected chi connectivity index (χ2v) is 8.60. The van der Waals surface area contributed by atoms with E-state index in [9.17, 15) is 9.59 Å². The highest BCUT2D eigenvalue weighted by Crippen LogP contribution is 2.15. The van der Waals surface area contributed by atoms with Crippen molar-refractivity contribution in [1.82, 2.24) is 0 Å². The molecular formula is C18H24O2Si. The van der Waals surface area contributed by atoms with Gasteiger partial charge in [0.1, 0.15) is 0 Å². The summed E-state index contributed by atoms with van der Waals surface area (Å²) < 4.78 is 0. The van der Waals surface area contributed by atoms with Gasteiger partial charge in [0.25, 0.3) is 0 Å². The second-order valence-electron chi connectivity index (χ2n) is 6.18. The molecule has 2 N–H and O–H groups in total. The summed E-state index contributed by atoms with van der Waals surface area (Å²) in [5.41, 5.74) is 6.30. The van der Waals surface area contributed by atoms with Crippen molar-refractivity contribution >= 4 is 18.9 Å². The Kier molecular flexibility index (Phi) is 4.11. The highest BCUT2D eigenvalue weighted by atomic mass is 28.4. The van der Waals surface area contributed by atoms with Crippen LogP contribution >= 0.6 is 0 Å². The van der Waals surface area contributed by atoms with Crippen molar-refractivity contribution in [2.45, 2.75) is 41.5 Å². The summed E-state index contributed by atoms with van der Waals surface area (Å²) in [6.45, 7) is 12.0. The first-order valence-electron chi connectivity index (χ1n) is 7.26. The van der Waals surface area contributed by atoms with E-state index in [2.05, 4.69) is 12.1 Å². The monoisotopic (exact) mass is 300 g/mol. The van der Waals surface area contributed by atoms with Crippen molar-refractivity contribution in [2.24, 2.45) is 0 Å². The molecule has 0 aliphatic rings. The number of aryl methyl sites for hydroxylation is 4. The quantitative estimate of drug-likeness (QED) is 0.834. The minimum Gasteiger partial charge on any atom is -0.404 e. The van der Waals surface area contributed by atoms with Crippen LogP contribution in [-0.2, 0) is 0 Å². The van der Waals surface area contributed by atoms with Crippen molar-refractivity contribution < 1.29 is 9.59 Å². The average Bonchev–Trinajstić information content (AvgIpc) is 2.37. The van der Waals surface area contributed by atoms with Gasteiger partial charge in [-0.1, -0.05) is 35.4 Å². The van der Waals surface area contributed by atoms with E-state index in [0.717, 1.165) is 33.4 Å². The van der Waals surface area contributed by atoms with E-state index in [4.69, 9.17) is 0 Å². The number of hydrogen-bond acceptors (Lipinski definition) is 2. The van der Waals surface area contributed by atoms with E-state index < -0.39 is 8.56 Å². The molecule has 0 amide bonds. The van der Waals surface area contributed by atoms with Crippen LogP contribution in [0.3, 0.4) is 0 Å². The van der Waals surface area contributed by atoms with Crippen LogP contribution in [0.15, 0.2) is 24.3 Å². The summed E-state index contributed by atoms with van der Waals surface area (Å²) in [4.78, 5) is 22.0. The minimum atomic E-state index is -3.67. The highest BCUT2D eigenvalue weighted by Gasteiger charge is 2.38. The lowest BCUT2D eigenvalue weighted by Crippen LogP contribution is -2.61. The molecule has 0 aliphatic heterocycles. The SMILES string of the molecule is Cc1cc(C)c(C)c([Si](O)(O)c2cc(C)cc(C)c2C)c1. The van der Waals surface area contributed by atoms with Gasteiger partial charge >= 0.3 is 8.56 Å². The normalized spacial score (nSPS) is 11.8. The fraction of sp³-hybridized carbons (Fsp3) is 0.333. The summed E-state index contributed by atoms with van der Waals surface area (Å²) in [5, 5.41) is 1.40. The lowest BCUT2D eigenvalue weighted by molar-refractivity contribution is 0.400. The fourth-order valence-corrected chi connectivity index (χ4v) is 5.54. The number of hydrogen-bond donors (Lipinski definition) is 2. The van der Waals surface area contributed by atoms with E-state index in [0.29, 0.717) is 10.4 Å². The topological polar surface area (TPSA) is 40.5 Å². The van der Waals surface area contributed by atoms with Crippen LogP contribution in [0, 0.1) is 41.5 Å². The zero-order chi connectivity index (χ0) is 15.9.